The van der Waals surface area contributed by atoms with E-state index in [2.05, 4.69) is 4.74 Å². The third-order valence-corrected chi connectivity index (χ3v) is 2.56. The van der Waals surface area contributed by atoms with Gasteiger partial charge in [-0.15, -0.1) is 0 Å². The first kappa shape index (κ1) is 17.1. The summed E-state index contributed by atoms with van der Waals surface area (Å²) >= 11 is 0. The van der Waals surface area contributed by atoms with Crippen LogP contribution in [0, 0.1) is 0 Å². The summed E-state index contributed by atoms with van der Waals surface area (Å²) in [5, 5.41) is 10.1. The van der Waals surface area contributed by atoms with Crippen LogP contribution in [0.15, 0.2) is 54.6 Å². The van der Waals surface area contributed by atoms with Crippen molar-refractivity contribution < 1.29 is 53.8 Å². The maximum absolute atomic E-state index is 10.8. The van der Waals surface area contributed by atoms with E-state index in [4.69, 9.17) is 0 Å². The van der Waals surface area contributed by atoms with Gasteiger partial charge in [0.15, 0.2) is 0 Å². The van der Waals surface area contributed by atoms with Gasteiger partial charge in [0.05, 0.1) is 17.1 Å². The molecule has 0 atom stereocenters. The van der Waals surface area contributed by atoms with Crippen LogP contribution in [0.2, 0.25) is 0 Å². The van der Waals surface area contributed by atoms with Crippen LogP contribution in [0.3, 0.4) is 0 Å². The molecule has 0 bridgehead atoms. The molecule has 0 N–H and O–H groups in total. The zero-order valence-corrected chi connectivity index (χ0v) is 13.2. The number of benzene rings is 2. The Morgan fingerprint density at radius 3 is 1.62 bits per heavy atom. The third kappa shape index (κ3) is 4.26. The number of hydrogen-bond donors (Lipinski definition) is 0. The summed E-state index contributed by atoms with van der Waals surface area (Å²) in [5.74, 6) is -2.23. The molecule has 100 valence electrons. The van der Waals surface area contributed by atoms with Gasteiger partial charge >= 0.3 is 41.5 Å². The molecule has 3 rings (SSSR count). The first-order valence-corrected chi connectivity index (χ1v) is 5.71. The van der Waals surface area contributed by atoms with Crippen molar-refractivity contribution in [1.82, 2.24) is 0 Å². The summed E-state index contributed by atoms with van der Waals surface area (Å²) in [5.41, 5.74) is 0.938. The molecule has 1 heterocycles. The normalized spacial score (nSPS) is 11.4. The maximum atomic E-state index is 10.8. The van der Waals surface area contributed by atoms with E-state index in [-0.39, 0.29) is 35.1 Å². The Labute approximate surface area is 142 Å². The van der Waals surface area contributed by atoms with Crippen molar-refractivity contribution in [3.8, 4) is 0 Å². The minimum atomic E-state index is -1.13. The van der Waals surface area contributed by atoms with E-state index in [0.29, 0.717) is 11.1 Å². The van der Waals surface area contributed by atoms with Gasteiger partial charge in [0.2, 0.25) is 0 Å². The zero-order chi connectivity index (χ0) is 14.5. The minimum Gasteiger partial charge on any atom is -0.545 e. The number of fused-ring (bicyclic) bond motifs is 1. The average Bonchev–Trinajstić information content (AvgIpc) is 2.76. The van der Waals surface area contributed by atoms with E-state index in [9.17, 15) is 19.5 Å². The molecule has 0 aliphatic carbocycles. The molecule has 2 aromatic rings. The summed E-state index contributed by atoms with van der Waals surface area (Å²) in [6.07, 6.45) is 0. The number of rotatable bonds is 1. The number of hydrogen-bond acceptors (Lipinski definition) is 5. The van der Waals surface area contributed by atoms with Crippen LogP contribution in [-0.2, 0) is 4.74 Å². The summed E-state index contributed by atoms with van der Waals surface area (Å²) in [6.45, 7) is 0. The number of carboxylic acid groups (broad SMARTS) is 1. The fourth-order valence-corrected chi connectivity index (χ4v) is 1.61. The molecule has 1 aliphatic rings. The second kappa shape index (κ2) is 7.73. The molecule has 0 spiro atoms. The Balaban J connectivity index is 0.000000205. The zero-order valence-electron chi connectivity index (χ0n) is 11.2. The molecule has 0 unspecified atom stereocenters. The molecule has 0 radical (unpaired) electrons. The Bertz CT molecular complexity index is 634. The van der Waals surface area contributed by atoms with Gasteiger partial charge in [-0.25, -0.2) is 9.59 Å². The van der Waals surface area contributed by atoms with Crippen LogP contribution in [-0.4, -0.2) is 17.9 Å². The number of ether oxygens (including phenoxy) is 1. The second-order valence-electron chi connectivity index (χ2n) is 3.88. The maximum Gasteiger partial charge on any atom is 1.00 e. The van der Waals surface area contributed by atoms with Gasteiger partial charge in [0, 0.05) is 0 Å². The van der Waals surface area contributed by atoms with Crippen LogP contribution in [0.25, 0.3) is 0 Å². The molecule has 0 saturated heterocycles. The smallest absolute Gasteiger partial charge is 0.545 e. The standard InChI is InChI=1S/C8H4O3.C7H6O2.Na/c9-7-5-3-1-2-4-6(5)8(10)11-7;8-7(9)6-4-2-1-3-5-6;/h1-4H;1-5H,(H,8,9);/q;;+1/p-1. The Morgan fingerprint density at radius 1 is 0.810 bits per heavy atom. The Morgan fingerprint density at radius 2 is 1.24 bits per heavy atom. The van der Waals surface area contributed by atoms with Crippen LogP contribution in [0.1, 0.15) is 31.1 Å². The molecular formula is C15H9NaO5. The van der Waals surface area contributed by atoms with Gasteiger partial charge in [-0.1, -0.05) is 42.5 Å². The molecule has 5 nitrogen and oxygen atoms in total. The Kier molecular flexibility index (Phi) is 6.30. The van der Waals surface area contributed by atoms with E-state index < -0.39 is 17.9 Å². The fourth-order valence-electron chi connectivity index (χ4n) is 1.61. The van der Waals surface area contributed by atoms with Crippen molar-refractivity contribution in [2.24, 2.45) is 0 Å². The molecule has 0 fully saturated rings. The molecule has 1 aliphatic heterocycles. The largest absolute Gasteiger partial charge is 1.00 e. The van der Waals surface area contributed by atoms with E-state index in [0.717, 1.165) is 0 Å². The molecular weight excluding hydrogens is 283 g/mol. The van der Waals surface area contributed by atoms with Crippen LogP contribution in [0.4, 0.5) is 0 Å². The van der Waals surface area contributed by atoms with Crippen molar-refractivity contribution in [3.63, 3.8) is 0 Å². The third-order valence-electron chi connectivity index (χ3n) is 2.56. The summed E-state index contributed by atoms with van der Waals surface area (Å²) in [6, 6.07) is 14.6. The molecule has 6 heteroatoms. The van der Waals surface area contributed by atoms with Crippen LogP contribution >= 0.6 is 0 Å². The van der Waals surface area contributed by atoms with Crippen molar-refractivity contribution in [1.29, 1.82) is 0 Å². The number of carbonyl (C=O) groups is 3. The van der Waals surface area contributed by atoms with Crippen LogP contribution in [0.5, 0.6) is 0 Å². The Hall–Kier alpha value is -1.95. The summed E-state index contributed by atoms with van der Waals surface area (Å²) in [4.78, 5) is 31.8. The number of esters is 2. The SMILES string of the molecule is O=C([O-])c1ccccc1.O=C1OC(=O)c2ccccc21.[Na+]. The van der Waals surface area contributed by atoms with E-state index in [1.165, 1.54) is 12.1 Å². The van der Waals surface area contributed by atoms with Crippen molar-refractivity contribution >= 4 is 17.9 Å². The molecule has 0 aromatic heterocycles. The number of aromatic carboxylic acids is 1. The second-order valence-corrected chi connectivity index (χ2v) is 3.88. The minimum absolute atomic E-state index is 0. The van der Waals surface area contributed by atoms with Crippen molar-refractivity contribution in [2.75, 3.05) is 0 Å². The molecule has 0 saturated carbocycles. The summed E-state index contributed by atoms with van der Waals surface area (Å²) in [7, 11) is 0. The predicted molar refractivity (Wildman–Crippen MR) is 67.0 cm³/mol. The van der Waals surface area contributed by atoms with E-state index >= 15 is 0 Å². The molecule has 0 amide bonds. The predicted octanol–water partition coefficient (Wildman–Crippen LogP) is -1.95. The van der Waals surface area contributed by atoms with E-state index in [1.54, 1.807) is 42.5 Å². The van der Waals surface area contributed by atoms with E-state index in [1.807, 2.05) is 0 Å². The van der Waals surface area contributed by atoms with Crippen LogP contribution < -0.4 is 34.7 Å². The topological polar surface area (TPSA) is 83.5 Å². The number of carboxylic acids is 1. The van der Waals surface area contributed by atoms with Gasteiger partial charge in [-0.2, -0.15) is 0 Å². The first-order chi connectivity index (χ1) is 9.59. The quantitative estimate of drug-likeness (QED) is 0.347. The monoisotopic (exact) mass is 292 g/mol. The van der Waals surface area contributed by atoms with Gasteiger partial charge in [0.25, 0.3) is 0 Å². The van der Waals surface area contributed by atoms with Crippen molar-refractivity contribution in [2.45, 2.75) is 0 Å². The average molecular weight is 292 g/mol. The van der Waals surface area contributed by atoms with Gasteiger partial charge in [-0.05, 0) is 17.7 Å². The molecule has 21 heavy (non-hydrogen) atoms. The van der Waals surface area contributed by atoms with Gasteiger partial charge in [0.1, 0.15) is 0 Å². The number of cyclic esters (lactones) is 2. The summed E-state index contributed by atoms with van der Waals surface area (Å²) < 4.78 is 4.35. The van der Waals surface area contributed by atoms with Gasteiger partial charge < -0.3 is 14.6 Å². The fraction of sp³-hybridized carbons (Fsp3) is 0. The molecule has 2 aromatic carbocycles. The first-order valence-electron chi connectivity index (χ1n) is 5.71. The van der Waals surface area contributed by atoms with Crippen molar-refractivity contribution in [3.05, 3.63) is 71.3 Å². The van der Waals surface area contributed by atoms with Gasteiger partial charge in [-0.3, -0.25) is 0 Å². The number of carbonyl (C=O) groups excluding carboxylic acids is 3.